The molecule has 0 saturated carbocycles. The molecule has 0 atom stereocenters. The number of carbonyl (C=O) groups is 1. The molecule has 2 nitrogen and oxygen atoms in total. The second-order valence-corrected chi connectivity index (χ2v) is 3.66. The van der Waals surface area contributed by atoms with Crippen LogP contribution < -0.4 is 0 Å². The van der Waals surface area contributed by atoms with Crippen molar-refractivity contribution in [1.82, 2.24) is 4.57 Å². The van der Waals surface area contributed by atoms with Gasteiger partial charge in [0.1, 0.15) is 0 Å². The molecular weight excluding hydrogens is 224 g/mol. The van der Waals surface area contributed by atoms with Crippen molar-refractivity contribution in [2.24, 2.45) is 0 Å². The average molecular weight is 235 g/mol. The van der Waals surface area contributed by atoms with Crippen molar-refractivity contribution < 1.29 is 13.6 Å². The van der Waals surface area contributed by atoms with Gasteiger partial charge in [-0.15, -0.1) is 0 Å². The van der Waals surface area contributed by atoms with Gasteiger partial charge in [0.15, 0.2) is 0 Å². The lowest BCUT2D eigenvalue weighted by Crippen LogP contribution is -2.15. The maximum atomic E-state index is 12.6. The molecule has 1 heterocycles. The topological polar surface area (TPSA) is 22.0 Å². The molecule has 0 amide bonds. The van der Waals surface area contributed by atoms with Crippen molar-refractivity contribution in [3.05, 3.63) is 59.9 Å². The number of aromatic nitrogens is 1. The Balaban J connectivity index is 2.18. The van der Waals surface area contributed by atoms with Gasteiger partial charge in [-0.1, -0.05) is 30.3 Å². The molecule has 0 radical (unpaired) electrons. The second-order valence-electron chi connectivity index (χ2n) is 3.66. The summed E-state index contributed by atoms with van der Waals surface area (Å²) < 4.78 is 26.2. The predicted molar refractivity (Wildman–Crippen MR) is 60.2 cm³/mol. The van der Waals surface area contributed by atoms with Crippen LogP contribution in [0.1, 0.15) is 22.5 Å². The summed E-state index contributed by atoms with van der Waals surface area (Å²) in [7, 11) is 0. The quantitative estimate of drug-likeness (QED) is 0.800. The Kier molecular flexibility index (Phi) is 3.32. The van der Waals surface area contributed by atoms with Crippen molar-refractivity contribution >= 4 is 5.91 Å². The van der Waals surface area contributed by atoms with Crippen LogP contribution in [0.15, 0.2) is 48.7 Å². The Bertz CT molecular complexity index is 505. The van der Waals surface area contributed by atoms with Crippen LogP contribution in [0.25, 0.3) is 0 Å². The second kappa shape index (κ2) is 4.91. The van der Waals surface area contributed by atoms with Gasteiger partial charge in [0.25, 0.3) is 6.43 Å². The first-order chi connectivity index (χ1) is 8.18. The molecule has 0 fully saturated rings. The number of halogens is 2. The van der Waals surface area contributed by atoms with E-state index < -0.39 is 6.43 Å². The van der Waals surface area contributed by atoms with Gasteiger partial charge in [-0.05, 0) is 17.7 Å². The van der Waals surface area contributed by atoms with Crippen LogP contribution in [0.5, 0.6) is 0 Å². The summed E-state index contributed by atoms with van der Waals surface area (Å²) in [5.74, 6) is -0.350. The summed E-state index contributed by atoms with van der Waals surface area (Å²) >= 11 is 0. The van der Waals surface area contributed by atoms with Crippen molar-refractivity contribution in [2.45, 2.75) is 12.8 Å². The maximum absolute atomic E-state index is 12.6. The van der Waals surface area contributed by atoms with Crippen molar-refractivity contribution in [1.29, 1.82) is 0 Å². The lowest BCUT2D eigenvalue weighted by molar-refractivity contribution is 0.0875. The van der Waals surface area contributed by atoms with E-state index in [0.29, 0.717) is 0 Å². The SMILES string of the molecule is O=C(Cc1ccccc1)n1cccc1C(F)F. The van der Waals surface area contributed by atoms with Gasteiger partial charge in [0.05, 0.1) is 12.1 Å². The van der Waals surface area contributed by atoms with Crippen molar-refractivity contribution in [3.8, 4) is 0 Å². The number of nitrogens with zero attached hydrogens (tertiary/aromatic N) is 1. The Morgan fingerprint density at radius 3 is 2.47 bits per heavy atom. The highest BCUT2D eigenvalue weighted by Gasteiger charge is 2.16. The van der Waals surface area contributed by atoms with E-state index >= 15 is 0 Å². The van der Waals surface area contributed by atoms with Gasteiger partial charge < -0.3 is 0 Å². The summed E-state index contributed by atoms with van der Waals surface area (Å²) in [6, 6.07) is 11.8. The standard InChI is InChI=1S/C13H11F2NO/c14-13(15)11-7-4-8-16(11)12(17)9-10-5-2-1-3-6-10/h1-8,13H,9H2. The fourth-order valence-corrected chi connectivity index (χ4v) is 1.65. The van der Waals surface area contributed by atoms with Crippen molar-refractivity contribution in [2.75, 3.05) is 0 Å². The van der Waals surface area contributed by atoms with E-state index in [1.807, 2.05) is 18.2 Å². The highest BCUT2D eigenvalue weighted by atomic mass is 19.3. The van der Waals surface area contributed by atoms with Gasteiger partial charge in [0.2, 0.25) is 5.91 Å². The summed E-state index contributed by atoms with van der Waals surface area (Å²) in [4.78, 5) is 11.8. The molecule has 0 unspecified atom stereocenters. The Labute approximate surface area is 97.5 Å². The van der Waals surface area contributed by atoms with Crippen LogP contribution in [-0.2, 0) is 6.42 Å². The number of benzene rings is 1. The van der Waals surface area contributed by atoms with E-state index in [4.69, 9.17) is 0 Å². The molecule has 88 valence electrons. The third-order valence-electron chi connectivity index (χ3n) is 2.47. The number of hydrogen-bond acceptors (Lipinski definition) is 1. The van der Waals surface area contributed by atoms with Crippen LogP contribution in [-0.4, -0.2) is 10.5 Å². The van der Waals surface area contributed by atoms with Crippen LogP contribution in [0.3, 0.4) is 0 Å². The van der Waals surface area contributed by atoms with E-state index in [-0.39, 0.29) is 18.0 Å². The molecule has 0 spiro atoms. The van der Waals surface area contributed by atoms with Gasteiger partial charge in [0, 0.05) is 6.20 Å². The molecule has 17 heavy (non-hydrogen) atoms. The minimum Gasteiger partial charge on any atom is -0.286 e. The Hall–Kier alpha value is -1.97. The van der Waals surface area contributed by atoms with E-state index in [1.165, 1.54) is 18.3 Å². The molecule has 0 aliphatic rings. The average Bonchev–Trinajstić information content (AvgIpc) is 2.79. The van der Waals surface area contributed by atoms with Crippen molar-refractivity contribution in [3.63, 3.8) is 0 Å². The van der Waals surface area contributed by atoms with Gasteiger partial charge in [-0.25, -0.2) is 8.78 Å². The Morgan fingerprint density at radius 2 is 1.82 bits per heavy atom. The fourth-order valence-electron chi connectivity index (χ4n) is 1.65. The molecule has 2 rings (SSSR count). The summed E-state index contributed by atoms with van der Waals surface area (Å²) in [6.45, 7) is 0. The fraction of sp³-hybridized carbons (Fsp3) is 0.154. The molecule has 0 saturated heterocycles. The number of alkyl halides is 2. The van der Waals surface area contributed by atoms with Crippen LogP contribution in [0, 0.1) is 0 Å². The lowest BCUT2D eigenvalue weighted by Gasteiger charge is -2.07. The Morgan fingerprint density at radius 1 is 1.12 bits per heavy atom. The van der Waals surface area contributed by atoms with E-state index in [9.17, 15) is 13.6 Å². The normalized spacial score (nSPS) is 10.8. The zero-order valence-corrected chi connectivity index (χ0v) is 9.01. The molecule has 0 aliphatic carbocycles. The maximum Gasteiger partial charge on any atom is 0.278 e. The third-order valence-corrected chi connectivity index (χ3v) is 2.47. The zero-order valence-electron chi connectivity index (χ0n) is 9.01. The highest BCUT2D eigenvalue weighted by Crippen LogP contribution is 2.19. The highest BCUT2D eigenvalue weighted by molar-refractivity contribution is 5.82. The molecule has 0 bridgehead atoms. The molecular formula is C13H11F2NO. The zero-order chi connectivity index (χ0) is 12.3. The molecule has 1 aromatic carbocycles. The molecule has 0 N–H and O–H groups in total. The van der Waals surface area contributed by atoms with Gasteiger partial charge in [-0.3, -0.25) is 9.36 Å². The minimum atomic E-state index is -2.63. The largest absolute Gasteiger partial charge is 0.286 e. The molecule has 4 heteroatoms. The number of carbonyl (C=O) groups excluding carboxylic acids is 1. The van der Waals surface area contributed by atoms with Crippen LogP contribution in [0.4, 0.5) is 8.78 Å². The minimum absolute atomic E-state index is 0.120. The van der Waals surface area contributed by atoms with E-state index in [2.05, 4.69) is 0 Å². The van der Waals surface area contributed by atoms with Crippen LogP contribution >= 0.6 is 0 Å². The molecule has 0 aliphatic heterocycles. The molecule has 1 aromatic heterocycles. The summed E-state index contributed by atoms with van der Waals surface area (Å²) in [6.07, 6.45) is -1.15. The van der Waals surface area contributed by atoms with E-state index in [1.54, 1.807) is 12.1 Å². The first-order valence-electron chi connectivity index (χ1n) is 5.21. The van der Waals surface area contributed by atoms with Gasteiger partial charge >= 0.3 is 0 Å². The lowest BCUT2D eigenvalue weighted by atomic mass is 10.1. The predicted octanol–water partition coefficient (Wildman–Crippen LogP) is 3.31. The van der Waals surface area contributed by atoms with Gasteiger partial charge in [-0.2, -0.15) is 0 Å². The monoisotopic (exact) mass is 235 g/mol. The number of rotatable bonds is 3. The third kappa shape index (κ3) is 2.58. The summed E-state index contributed by atoms with van der Waals surface area (Å²) in [5.41, 5.74) is 0.553. The number of hydrogen-bond donors (Lipinski definition) is 0. The molecule has 2 aromatic rings. The van der Waals surface area contributed by atoms with Crippen LogP contribution in [0.2, 0.25) is 0 Å². The first-order valence-corrected chi connectivity index (χ1v) is 5.21. The van der Waals surface area contributed by atoms with E-state index in [0.717, 1.165) is 10.1 Å². The summed E-state index contributed by atoms with van der Waals surface area (Å²) in [5, 5.41) is 0. The first kappa shape index (κ1) is 11.5. The smallest absolute Gasteiger partial charge is 0.278 e.